The van der Waals surface area contributed by atoms with Gasteiger partial charge in [-0.05, 0) is 19.3 Å². The Bertz CT molecular complexity index is 444. The molecule has 1 aliphatic rings. The molecule has 4 N–H and O–H groups in total. The number of carbonyl (C=O) groups is 1. The van der Waals surface area contributed by atoms with E-state index >= 15 is 0 Å². The molecule has 3 atom stereocenters. The van der Waals surface area contributed by atoms with E-state index in [0.717, 1.165) is 17.9 Å². The molecule has 1 heterocycles. The second kappa shape index (κ2) is 12.6. The zero-order valence-electron chi connectivity index (χ0n) is 14.8. The Morgan fingerprint density at radius 2 is 2.12 bits per heavy atom. The Balaban J connectivity index is 2.37. The van der Waals surface area contributed by atoms with Crippen molar-refractivity contribution >= 4 is 34.9 Å². The lowest BCUT2D eigenvalue weighted by Crippen LogP contribution is -2.36. The van der Waals surface area contributed by atoms with Crippen LogP contribution in [0, 0.1) is 0 Å². The fraction of sp³-hybridized carbons (Fsp3) is 0.933. The van der Waals surface area contributed by atoms with Crippen molar-refractivity contribution in [2.45, 2.75) is 37.8 Å². The van der Waals surface area contributed by atoms with Gasteiger partial charge in [-0.25, -0.2) is 0 Å². The maximum atomic E-state index is 12.4. The molecular formula is C15H31N2O5PS2. The van der Waals surface area contributed by atoms with E-state index in [1.54, 1.807) is 33.2 Å². The number of aliphatic hydroxyl groups excluding tert-OH is 2. The Morgan fingerprint density at radius 1 is 1.40 bits per heavy atom. The van der Waals surface area contributed by atoms with E-state index in [1.165, 1.54) is 0 Å². The van der Waals surface area contributed by atoms with E-state index in [1.807, 2.05) is 0 Å². The van der Waals surface area contributed by atoms with Crippen molar-refractivity contribution < 1.29 is 24.1 Å². The third-order valence-electron chi connectivity index (χ3n) is 3.94. The summed E-state index contributed by atoms with van der Waals surface area (Å²) in [7, 11) is 0.676. The lowest BCUT2D eigenvalue weighted by Gasteiger charge is -2.25. The highest BCUT2D eigenvalue weighted by Crippen LogP contribution is 2.44. The van der Waals surface area contributed by atoms with Crippen LogP contribution in [0.15, 0.2) is 0 Å². The van der Waals surface area contributed by atoms with Crippen LogP contribution >= 0.6 is 29.0 Å². The highest BCUT2D eigenvalue weighted by Gasteiger charge is 2.34. The van der Waals surface area contributed by atoms with Crippen LogP contribution in [0.1, 0.15) is 25.7 Å². The van der Waals surface area contributed by atoms with E-state index in [0.29, 0.717) is 38.5 Å². The minimum Gasteiger partial charge on any atom is -0.394 e. The summed E-state index contributed by atoms with van der Waals surface area (Å²) in [6.45, 7) is 2.46. The summed E-state index contributed by atoms with van der Waals surface area (Å²) in [6.07, 6.45) is 2.16. The fourth-order valence-corrected chi connectivity index (χ4v) is 6.05. The predicted octanol–water partition coefficient (Wildman–Crippen LogP) is 1.38. The van der Waals surface area contributed by atoms with Crippen molar-refractivity contribution in [2.24, 2.45) is 5.73 Å². The second-order valence-corrected chi connectivity index (χ2v) is 11.6. The number of carbonyl (C=O) groups excluding carboxylic acids is 1. The number of nitrogens with two attached hydrogens (primary N) is 1. The number of β-amino-alcohol motifs (C(OH)–C–C–N with tert-alkyl or cyclic N) is 1. The molecule has 0 spiro atoms. The quantitative estimate of drug-likeness (QED) is 0.235. The van der Waals surface area contributed by atoms with Gasteiger partial charge in [-0.3, -0.25) is 9.36 Å². The average Bonchev–Trinajstić information content (AvgIpc) is 2.95. The van der Waals surface area contributed by atoms with Crippen molar-refractivity contribution in [3.8, 4) is 0 Å². The number of hydrogen-bond acceptors (Lipinski definition) is 8. The molecule has 0 radical (unpaired) electrons. The molecule has 1 saturated heterocycles. The van der Waals surface area contributed by atoms with Crippen LogP contribution in [0.25, 0.3) is 0 Å². The summed E-state index contributed by atoms with van der Waals surface area (Å²) in [6, 6.07) is -0.0900. The molecule has 0 aromatic heterocycles. The van der Waals surface area contributed by atoms with Gasteiger partial charge in [-0.15, -0.1) is 0 Å². The van der Waals surface area contributed by atoms with Crippen molar-refractivity contribution in [3.63, 3.8) is 0 Å². The molecule has 10 heteroatoms. The molecule has 0 aromatic rings. The average molecular weight is 415 g/mol. The number of nitrogens with zero attached hydrogens (tertiary/aromatic N) is 1. The predicted molar refractivity (Wildman–Crippen MR) is 105 cm³/mol. The summed E-state index contributed by atoms with van der Waals surface area (Å²) < 4.78 is 17.5. The standard InChI is InChI=1S/C15H31N2O5PS2/c1-23(21,22-7-6-18)8-4-13-11-14(19)12-17(13)15(20)3-2-9-24-25-10-5-16/h13-14,18-19H,2-12,16H2,1H3/t13-,14-,23?/m1/s1. The van der Waals surface area contributed by atoms with Crippen LogP contribution < -0.4 is 5.73 Å². The van der Waals surface area contributed by atoms with E-state index in [2.05, 4.69) is 0 Å². The van der Waals surface area contributed by atoms with Gasteiger partial charge in [0.15, 0.2) is 7.37 Å². The Hall–Kier alpha value is 0.240. The molecule has 25 heavy (non-hydrogen) atoms. The maximum absolute atomic E-state index is 12.4. The van der Waals surface area contributed by atoms with Gasteiger partial charge in [0, 0.05) is 49.9 Å². The molecule has 148 valence electrons. The number of rotatable bonds is 13. The van der Waals surface area contributed by atoms with Gasteiger partial charge in [-0.2, -0.15) is 0 Å². The molecule has 0 bridgehead atoms. The first-order valence-corrected chi connectivity index (χ1v) is 13.4. The maximum Gasteiger partial charge on any atom is 0.222 e. The minimum absolute atomic E-state index is 0.0492. The SMILES string of the molecule is CP(=O)(CC[C@@H]1C[C@@H](O)CN1C(=O)CCCSSCCN)OCCO. The van der Waals surface area contributed by atoms with E-state index in [9.17, 15) is 14.5 Å². The fourth-order valence-electron chi connectivity index (χ4n) is 2.75. The molecule has 1 fully saturated rings. The zero-order chi connectivity index (χ0) is 18.7. The number of likely N-dealkylation sites (tertiary alicyclic amines) is 1. The Kier molecular flexibility index (Phi) is 11.7. The van der Waals surface area contributed by atoms with Gasteiger partial charge in [0.1, 0.15) is 0 Å². The van der Waals surface area contributed by atoms with E-state index < -0.39 is 13.5 Å². The normalized spacial score (nSPS) is 23.0. The molecule has 0 aliphatic carbocycles. The summed E-state index contributed by atoms with van der Waals surface area (Å²) in [5.41, 5.74) is 5.43. The minimum atomic E-state index is -2.77. The molecule has 1 aliphatic heterocycles. The first-order chi connectivity index (χ1) is 11.9. The van der Waals surface area contributed by atoms with Gasteiger partial charge in [0.05, 0.1) is 19.3 Å². The van der Waals surface area contributed by atoms with Gasteiger partial charge in [-0.1, -0.05) is 21.6 Å². The lowest BCUT2D eigenvalue weighted by molar-refractivity contribution is -0.132. The van der Waals surface area contributed by atoms with Crippen molar-refractivity contribution in [1.82, 2.24) is 4.90 Å². The first kappa shape index (κ1) is 23.3. The molecule has 7 nitrogen and oxygen atoms in total. The topological polar surface area (TPSA) is 113 Å². The van der Waals surface area contributed by atoms with Gasteiger partial charge in [0.25, 0.3) is 0 Å². The van der Waals surface area contributed by atoms with Crippen molar-refractivity contribution in [3.05, 3.63) is 0 Å². The molecule has 1 amide bonds. The van der Waals surface area contributed by atoms with Gasteiger partial charge >= 0.3 is 0 Å². The molecule has 1 rings (SSSR count). The monoisotopic (exact) mass is 414 g/mol. The smallest absolute Gasteiger partial charge is 0.222 e. The first-order valence-electron chi connectivity index (χ1n) is 8.63. The van der Waals surface area contributed by atoms with Crippen LogP contribution in [0.5, 0.6) is 0 Å². The summed E-state index contributed by atoms with van der Waals surface area (Å²) in [4.78, 5) is 14.2. The van der Waals surface area contributed by atoms with E-state index in [4.69, 9.17) is 15.4 Å². The summed E-state index contributed by atoms with van der Waals surface area (Å²) in [5, 5.41) is 18.7. The number of aliphatic hydroxyl groups is 2. The molecular weight excluding hydrogens is 383 g/mol. The number of amides is 1. The lowest BCUT2D eigenvalue weighted by atomic mass is 10.1. The second-order valence-electron chi connectivity index (χ2n) is 6.21. The highest BCUT2D eigenvalue weighted by atomic mass is 33.1. The van der Waals surface area contributed by atoms with Crippen LogP contribution in [0.3, 0.4) is 0 Å². The third-order valence-corrected chi connectivity index (χ3v) is 8.26. The Labute approximate surface area is 158 Å². The summed E-state index contributed by atoms with van der Waals surface area (Å²) >= 11 is 0. The molecule has 0 aromatic carbocycles. The largest absolute Gasteiger partial charge is 0.394 e. The summed E-state index contributed by atoms with van der Waals surface area (Å²) in [5.74, 6) is 1.86. The third kappa shape index (κ3) is 9.65. The van der Waals surface area contributed by atoms with Gasteiger partial charge < -0.3 is 25.4 Å². The van der Waals surface area contributed by atoms with Gasteiger partial charge in [0.2, 0.25) is 5.91 Å². The zero-order valence-corrected chi connectivity index (χ0v) is 17.4. The van der Waals surface area contributed by atoms with Crippen molar-refractivity contribution in [1.29, 1.82) is 0 Å². The van der Waals surface area contributed by atoms with Crippen LogP contribution in [-0.2, 0) is 13.9 Å². The highest BCUT2D eigenvalue weighted by molar-refractivity contribution is 8.76. The van der Waals surface area contributed by atoms with Crippen LogP contribution in [0.4, 0.5) is 0 Å². The Morgan fingerprint density at radius 3 is 2.80 bits per heavy atom. The molecule has 1 unspecified atom stereocenters. The number of hydrogen-bond donors (Lipinski definition) is 3. The van der Waals surface area contributed by atoms with Crippen molar-refractivity contribution in [2.75, 3.05) is 50.6 Å². The van der Waals surface area contributed by atoms with Crippen LogP contribution in [0.2, 0.25) is 0 Å². The van der Waals surface area contributed by atoms with E-state index in [-0.39, 0.29) is 25.2 Å². The molecule has 0 saturated carbocycles. The van der Waals surface area contributed by atoms with Crippen LogP contribution in [-0.4, -0.2) is 83.8 Å².